The molecule has 0 heterocycles. The molecular formula is C14H29NO2Si. The average Bonchev–Trinajstić information content (AvgIpc) is 2.40. The lowest BCUT2D eigenvalue weighted by molar-refractivity contribution is -0.0827. The summed E-state index contributed by atoms with van der Waals surface area (Å²) in [6, 6.07) is 1.86. The van der Waals surface area contributed by atoms with Crippen LogP contribution in [0.15, 0.2) is 4.99 Å². The van der Waals surface area contributed by atoms with Crippen molar-refractivity contribution >= 4 is 15.7 Å². The Balaban J connectivity index is 2.06. The Labute approximate surface area is 114 Å². The second-order valence-electron chi connectivity index (χ2n) is 4.89. The smallest absolute Gasteiger partial charge is 0.134 e. The summed E-state index contributed by atoms with van der Waals surface area (Å²) in [4.78, 5) is 4.69. The van der Waals surface area contributed by atoms with Crippen LogP contribution in [-0.4, -0.2) is 40.9 Å². The minimum Gasteiger partial charge on any atom is -0.357 e. The van der Waals surface area contributed by atoms with Crippen LogP contribution in [-0.2, 0) is 9.47 Å². The lowest BCUT2D eigenvalue weighted by atomic mass is 9.96. The van der Waals surface area contributed by atoms with Crippen LogP contribution in [0.3, 0.4) is 0 Å². The van der Waals surface area contributed by atoms with Crippen LogP contribution in [0.2, 0.25) is 6.04 Å². The third-order valence-corrected chi connectivity index (χ3v) is 5.13. The second kappa shape index (κ2) is 10.7. The van der Waals surface area contributed by atoms with Crippen molar-refractivity contribution in [1.82, 2.24) is 0 Å². The number of rotatable bonds is 9. The molecule has 0 aromatic carbocycles. The Morgan fingerprint density at radius 2 is 1.83 bits per heavy atom. The summed E-state index contributed by atoms with van der Waals surface area (Å²) in [5.74, 6) is 0.114. The maximum absolute atomic E-state index is 5.57. The molecule has 1 aliphatic carbocycles. The molecular weight excluding hydrogens is 242 g/mol. The maximum atomic E-state index is 5.57. The standard InChI is InChI=1S/C14H29NO2Si/c1-3-16-14(17-4-2)18-12-8-11-15-13-9-6-5-7-10-13/h11,13-14H,3-10,12,18H2,1-2H3. The van der Waals surface area contributed by atoms with Crippen LogP contribution in [0.1, 0.15) is 52.4 Å². The number of hydrogen-bond donors (Lipinski definition) is 0. The normalized spacial score (nSPS) is 18.6. The second-order valence-corrected chi connectivity index (χ2v) is 6.85. The van der Waals surface area contributed by atoms with E-state index in [0.717, 1.165) is 19.6 Å². The third-order valence-electron chi connectivity index (χ3n) is 3.37. The monoisotopic (exact) mass is 271 g/mol. The molecule has 0 aliphatic heterocycles. The zero-order chi connectivity index (χ0) is 13.1. The summed E-state index contributed by atoms with van der Waals surface area (Å²) in [5, 5.41) is 0. The van der Waals surface area contributed by atoms with Crippen LogP contribution in [0.5, 0.6) is 0 Å². The molecule has 0 N–H and O–H groups in total. The van der Waals surface area contributed by atoms with Crippen LogP contribution < -0.4 is 0 Å². The Morgan fingerprint density at radius 3 is 2.44 bits per heavy atom. The van der Waals surface area contributed by atoms with Crippen molar-refractivity contribution in [2.75, 3.05) is 13.2 Å². The van der Waals surface area contributed by atoms with Gasteiger partial charge in [-0.1, -0.05) is 25.3 Å². The molecule has 0 bridgehead atoms. The van der Waals surface area contributed by atoms with Crippen molar-refractivity contribution in [3.05, 3.63) is 0 Å². The quantitative estimate of drug-likeness (QED) is 0.279. The van der Waals surface area contributed by atoms with Gasteiger partial charge in [0.25, 0.3) is 0 Å². The molecule has 106 valence electrons. The van der Waals surface area contributed by atoms with Gasteiger partial charge in [-0.25, -0.2) is 0 Å². The molecule has 0 amide bonds. The summed E-state index contributed by atoms with van der Waals surface area (Å²) in [6.45, 7) is 5.58. The fourth-order valence-electron chi connectivity index (χ4n) is 2.42. The van der Waals surface area contributed by atoms with Gasteiger partial charge in [-0.05, 0) is 39.3 Å². The van der Waals surface area contributed by atoms with Crippen molar-refractivity contribution in [1.29, 1.82) is 0 Å². The highest BCUT2D eigenvalue weighted by Gasteiger charge is 2.11. The van der Waals surface area contributed by atoms with Gasteiger partial charge >= 0.3 is 0 Å². The third kappa shape index (κ3) is 7.29. The molecule has 0 radical (unpaired) electrons. The fraction of sp³-hybridized carbons (Fsp3) is 0.929. The van der Waals surface area contributed by atoms with Gasteiger partial charge < -0.3 is 9.47 Å². The molecule has 1 aliphatic rings. The highest BCUT2D eigenvalue weighted by molar-refractivity contribution is 6.36. The van der Waals surface area contributed by atoms with Crippen LogP contribution in [0.4, 0.5) is 0 Å². The first-order valence-electron chi connectivity index (χ1n) is 7.61. The number of nitrogens with zero attached hydrogens (tertiary/aromatic N) is 1. The molecule has 0 atom stereocenters. The van der Waals surface area contributed by atoms with Gasteiger partial charge in [0.1, 0.15) is 5.91 Å². The Kier molecular flexibility index (Phi) is 9.43. The van der Waals surface area contributed by atoms with E-state index in [1.54, 1.807) is 0 Å². The topological polar surface area (TPSA) is 30.8 Å². The summed E-state index contributed by atoms with van der Waals surface area (Å²) < 4.78 is 11.1. The van der Waals surface area contributed by atoms with E-state index >= 15 is 0 Å². The fourth-order valence-corrected chi connectivity index (χ4v) is 3.97. The van der Waals surface area contributed by atoms with Gasteiger partial charge in [0.05, 0.1) is 9.52 Å². The molecule has 1 saturated carbocycles. The van der Waals surface area contributed by atoms with E-state index in [1.807, 2.05) is 13.8 Å². The van der Waals surface area contributed by atoms with Crippen LogP contribution in [0.25, 0.3) is 0 Å². The average molecular weight is 271 g/mol. The lowest BCUT2D eigenvalue weighted by Gasteiger charge is -2.17. The van der Waals surface area contributed by atoms with Gasteiger partial charge in [-0.2, -0.15) is 0 Å². The van der Waals surface area contributed by atoms with Crippen LogP contribution in [0, 0.1) is 0 Å². The Morgan fingerprint density at radius 1 is 1.17 bits per heavy atom. The van der Waals surface area contributed by atoms with Crippen molar-refractivity contribution in [3.63, 3.8) is 0 Å². The van der Waals surface area contributed by atoms with E-state index in [2.05, 4.69) is 11.2 Å². The maximum Gasteiger partial charge on any atom is 0.134 e. The molecule has 1 rings (SSSR count). The highest BCUT2D eigenvalue weighted by atomic mass is 28.2. The number of aliphatic imine (C=N–C) groups is 1. The molecule has 18 heavy (non-hydrogen) atoms. The number of ether oxygens (including phenoxy) is 2. The molecule has 0 aromatic rings. The minimum atomic E-state index is -0.281. The van der Waals surface area contributed by atoms with Crippen molar-refractivity contribution in [2.24, 2.45) is 4.99 Å². The minimum absolute atomic E-state index is 0.114. The first-order valence-corrected chi connectivity index (χ1v) is 9.43. The van der Waals surface area contributed by atoms with Crippen molar-refractivity contribution in [2.45, 2.75) is 70.4 Å². The molecule has 3 nitrogen and oxygen atoms in total. The molecule has 0 aromatic heterocycles. The first kappa shape index (κ1) is 15.9. The zero-order valence-electron chi connectivity index (χ0n) is 12.1. The summed E-state index contributed by atoms with van der Waals surface area (Å²) >= 11 is 0. The zero-order valence-corrected chi connectivity index (χ0v) is 13.5. The van der Waals surface area contributed by atoms with E-state index in [0.29, 0.717) is 6.04 Å². The van der Waals surface area contributed by atoms with Gasteiger partial charge in [-0.15, -0.1) is 0 Å². The summed E-state index contributed by atoms with van der Waals surface area (Å²) in [5.41, 5.74) is 0. The van der Waals surface area contributed by atoms with Gasteiger partial charge in [0, 0.05) is 19.3 Å². The highest BCUT2D eigenvalue weighted by Crippen LogP contribution is 2.19. The van der Waals surface area contributed by atoms with E-state index in [-0.39, 0.29) is 15.4 Å². The van der Waals surface area contributed by atoms with Crippen molar-refractivity contribution in [3.8, 4) is 0 Å². The SMILES string of the molecule is CCOC(OCC)[SiH2]CCC=NC1CCCCC1. The summed E-state index contributed by atoms with van der Waals surface area (Å²) in [7, 11) is -0.281. The van der Waals surface area contributed by atoms with Crippen LogP contribution >= 0.6 is 0 Å². The van der Waals surface area contributed by atoms with E-state index in [1.165, 1.54) is 38.1 Å². The largest absolute Gasteiger partial charge is 0.357 e. The van der Waals surface area contributed by atoms with Gasteiger partial charge in [0.2, 0.25) is 0 Å². The molecule has 1 fully saturated rings. The predicted octanol–water partition coefficient (Wildman–Crippen LogP) is 2.72. The predicted molar refractivity (Wildman–Crippen MR) is 80.4 cm³/mol. The lowest BCUT2D eigenvalue weighted by Crippen LogP contribution is -2.24. The Hall–Kier alpha value is -0.193. The molecule has 0 saturated heterocycles. The van der Waals surface area contributed by atoms with E-state index < -0.39 is 0 Å². The molecule has 4 heteroatoms. The van der Waals surface area contributed by atoms with E-state index in [9.17, 15) is 0 Å². The Bertz CT molecular complexity index is 212. The van der Waals surface area contributed by atoms with Gasteiger partial charge in [0.15, 0.2) is 0 Å². The van der Waals surface area contributed by atoms with E-state index in [4.69, 9.17) is 9.47 Å². The first-order chi connectivity index (χ1) is 8.86. The molecule has 0 unspecified atom stereocenters. The number of hydrogen-bond acceptors (Lipinski definition) is 3. The molecule has 0 spiro atoms. The van der Waals surface area contributed by atoms with Gasteiger partial charge in [-0.3, -0.25) is 4.99 Å². The summed E-state index contributed by atoms with van der Waals surface area (Å²) in [6.07, 6.45) is 10.0. The van der Waals surface area contributed by atoms with Crippen molar-refractivity contribution < 1.29 is 9.47 Å².